The second kappa shape index (κ2) is 10.0. The first-order valence-corrected chi connectivity index (χ1v) is 11.7. The summed E-state index contributed by atoms with van der Waals surface area (Å²) in [5.41, 5.74) is 2.06. The standard InChI is InChI=1S/C25H25N3O5S/c1-5-32-19-13-17(9-10-18(19)31-4)22-21(24(30)33-6-2)15(3)27-25-28(22)23(29)20(34-25)12-16-8-7-11-26-14-16/h7-14,22H,5-6H2,1-4H3/b20-12+. The van der Waals surface area contributed by atoms with Crippen LogP contribution in [0.25, 0.3) is 6.08 Å². The zero-order chi connectivity index (χ0) is 24.2. The summed E-state index contributed by atoms with van der Waals surface area (Å²) in [6.45, 7) is 6.02. The van der Waals surface area contributed by atoms with E-state index in [1.165, 1.54) is 11.3 Å². The van der Waals surface area contributed by atoms with Gasteiger partial charge in [0.15, 0.2) is 16.3 Å². The normalized spacial score (nSPS) is 15.5. The van der Waals surface area contributed by atoms with Crippen LogP contribution in [0.5, 0.6) is 11.5 Å². The SMILES string of the molecule is CCOC(=O)C1=C(C)N=c2s/c(=C/c3cccnc3)c(=O)n2C1c1ccc(OC)c(OCC)c1. The molecule has 0 radical (unpaired) electrons. The van der Waals surface area contributed by atoms with Crippen molar-refractivity contribution in [2.75, 3.05) is 20.3 Å². The van der Waals surface area contributed by atoms with Crippen LogP contribution in [0.15, 0.2) is 63.8 Å². The highest BCUT2D eigenvalue weighted by Crippen LogP contribution is 2.36. The number of pyridine rings is 1. The third-order valence-corrected chi connectivity index (χ3v) is 6.29. The van der Waals surface area contributed by atoms with Crippen molar-refractivity contribution >= 4 is 23.4 Å². The number of thiazole rings is 1. The lowest BCUT2D eigenvalue weighted by Crippen LogP contribution is -2.40. The molecule has 176 valence electrons. The molecule has 34 heavy (non-hydrogen) atoms. The zero-order valence-electron chi connectivity index (χ0n) is 19.4. The molecule has 0 spiro atoms. The Morgan fingerprint density at radius 1 is 1.21 bits per heavy atom. The van der Waals surface area contributed by atoms with Gasteiger partial charge in [0, 0.05) is 12.4 Å². The molecule has 0 saturated heterocycles. The molecule has 2 aromatic heterocycles. The number of hydrogen-bond donors (Lipinski definition) is 0. The van der Waals surface area contributed by atoms with Gasteiger partial charge in [-0.2, -0.15) is 0 Å². The van der Waals surface area contributed by atoms with Crippen LogP contribution in [-0.2, 0) is 9.53 Å². The number of methoxy groups -OCH3 is 1. The molecule has 0 bridgehead atoms. The van der Waals surface area contributed by atoms with Crippen LogP contribution >= 0.6 is 11.3 Å². The predicted molar refractivity (Wildman–Crippen MR) is 129 cm³/mol. The van der Waals surface area contributed by atoms with Gasteiger partial charge in [-0.25, -0.2) is 9.79 Å². The fraction of sp³-hybridized carbons (Fsp3) is 0.280. The number of fused-ring (bicyclic) bond motifs is 1. The van der Waals surface area contributed by atoms with E-state index in [1.807, 2.05) is 19.1 Å². The lowest BCUT2D eigenvalue weighted by molar-refractivity contribution is -0.139. The lowest BCUT2D eigenvalue weighted by atomic mass is 9.95. The lowest BCUT2D eigenvalue weighted by Gasteiger charge is -2.25. The van der Waals surface area contributed by atoms with Gasteiger partial charge >= 0.3 is 5.97 Å². The molecular weight excluding hydrogens is 454 g/mol. The van der Waals surface area contributed by atoms with Gasteiger partial charge in [-0.1, -0.05) is 23.5 Å². The fourth-order valence-corrected chi connectivity index (χ4v) is 4.90. The Morgan fingerprint density at radius 3 is 2.71 bits per heavy atom. The molecule has 1 unspecified atom stereocenters. The van der Waals surface area contributed by atoms with E-state index in [-0.39, 0.29) is 12.2 Å². The summed E-state index contributed by atoms with van der Waals surface area (Å²) in [6.07, 6.45) is 5.13. The molecule has 0 aliphatic carbocycles. The number of esters is 1. The number of benzene rings is 1. The minimum absolute atomic E-state index is 0.209. The van der Waals surface area contributed by atoms with E-state index < -0.39 is 12.0 Å². The van der Waals surface area contributed by atoms with E-state index in [2.05, 4.69) is 9.98 Å². The summed E-state index contributed by atoms with van der Waals surface area (Å²) in [6, 6.07) is 8.34. The summed E-state index contributed by atoms with van der Waals surface area (Å²) in [5.74, 6) is 0.579. The van der Waals surface area contributed by atoms with Crippen molar-refractivity contribution in [3.05, 3.63) is 84.8 Å². The molecule has 1 aliphatic heterocycles. The second-order valence-corrected chi connectivity index (χ2v) is 8.44. The van der Waals surface area contributed by atoms with Gasteiger partial charge in [0.25, 0.3) is 5.56 Å². The number of carbonyl (C=O) groups excluding carboxylic acids is 1. The predicted octanol–water partition coefficient (Wildman–Crippen LogP) is 2.60. The van der Waals surface area contributed by atoms with Crippen LogP contribution in [0.1, 0.15) is 37.9 Å². The summed E-state index contributed by atoms with van der Waals surface area (Å²) >= 11 is 1.27. The topological polar surface area (TPSA) is 92.0 Å². The Morgan fingerprint density at radius 2 is 2.03 bits per heavy atom. The van der Waals surface area contributed by atoms with Crippen molar-refractivity contribution in [2.24, 2.45) is 4.99 Å². The highest BCUT2D eigenvalue weighted by Gasteiger charge is 2.33. The molecule has 0 N–H and O–H groups in total. The number of allylic oxidation sites excluding steroid dienone is 1. The van der Waals surface area contributed by atoms with E-state index in [0.29, 0.717) is 44.3 Å². The van der Waals surface area contributed by atoms with E-state index in [9.17, 15) is 9.59 Å². The molecule has 0 fully saturated rings. The molecule has 8 nitrogen and oxygen atoms in total. The number of aromatic nitrogens is 2. The van der Waals surface area contributed by atoms with E-state index >= 15 is 0 Å². The van der Waals surface area contributed by atoms with E-state index in [0.717, 1.165) is 5.56 Å². The Balaban J connectivity index is 1.97. The fourth-order valence-electron chi connectivity index (χ4n) is 3.85. The molecular formula is C25H25N3O5S. The Kier molecular flexibility index (Phi) is 6.93. The molecule has 1 aromatic carbocycles. The molecule has 0 amide bonds. The van der Waals surface area contributed by atoms with Gasteiger partial charge in [-0.15, -0.1) is 0 Å². The summed E-state index contributed by atoms with van der Waals surface area (Å²) in [7, 11) is 1.56. The maximum absolute atomic E-state index is 13.6. The average molecular weight is 480 g/mol. The van der Waals surface area contributed by atoms with E-state index in [1.54, 1.807) is 62.2 Å². The molecule has 1 aliphatic rings. The maximum atomic E-state index is 13.6. The first kappa shape index (κ1) is 23.4. The summed E-state index contributed by atoms with van der Waals surface area (Å²) in [5, 5.41) is 0. The third-order valence-electron chi connectivity index (χ3n) is 5.30. The largest absolute Gasteiger partial charge is 0.493 e. The first-order valence-electron chi connectivity index (χ1n) is 10.9. The van der Waals surface area contributed by atoms with Crippen LogP contribution in [0, 0.1) is 0 Å². The van der Waals surface area contributed by atoms with Crippen molar-refractivity contribution in [3.8, 4) is 11.5 Å². The maximum Gasteiger partial charge on any atom is 0.338 e. The van der Waals surface area contributed by atoms with Crippen molar-refractivity contribution in [1.82, 2.24) is 9.55 Å². The van der Waals surface area contributed by atoms with Gasteiger partial charge in [-0.05, 0) is 56.2 Å². The number of hydrogen-bond acceptors (Lipinski definition) is 8. The summed E-state index contributed by atoms with van der Waals surface area (Å²) < 4.78 is 18.5. The number of rotatable bonds is 7. The van der Waals surface area contributed by atoms with Crippen LogP contribution < -0.4 is 24.4 Å². The smallest absolute Gasteiger partial charge is 0.338 e. The average Bonchev–Trinajstić information content (AvgIpc) is 3.13. The number of ether oxygens (including phenoxy) is 3. The summed E-state index contributed by atoms with van der Waals surface area (Å²) in [4.78, 5) is 35.8. The minimum atomic E-state index is -0.725. The van der Waals surface area contributed by atoms with Crippen molar-refractivity contribution in [2.45, 2.75) is 26.8 Å². The molecule has 9 heteroatoms. The zero-order valence-corrected chi connectivity index (χ0v) is 20.2. The highest BCUT2D eigenvalue weighted by molar-refractivity contribution is 7.07. The monoisotopic (exact) mass is 479 g/mol. The molecule has 3 aromatic rings. The minimum Gasteiger partial charge on any atom is -0.493 e. The van der Waals surface area contributed by atoms with Gasteiger partial charge in [-0.3, -0.25) is 14.3 Å². The quantitative estimate of drug-likeness (QED) is 0.484. The van der Waals surface area contributed by atoms with Crippen LogP contribution in [0.4, 0.5) is 0 Å². The number of nitrogens with zero attached hydrogens (tertiary/aromatic N) is 3. The van der Waals surface area contributed by atoms with Gasteiger partial charge in [0.1, 0.15) is 0 Å². The molecule has 1 atom stereocenters. The molecule has 3 heterocycles. The van der Waals surface area contributed by atoms with Crippen molar-refractivity contribution in [1.29, 1.82) is 0 Å². The van der Waals surface area contributed by atoms with Gasteiger partial charge in [0.05, 0.1) is 42.2 Å². The van der Waals surface area contributed by atoms with E-state index in [4.69, 9.17) is 14.2 Å². The Bertz CT molecular complexity index is 1420. The Hall–Kier alpha value is -3.72. The van der Waals surface area contributed by atoms with Crippen LogP contribution in [-0.4, -0.2) is 35.8 Å². The van der Waals surface area contributed by atoms with Crippen LogP contribution in [0.3, 0.4) is 0 Å². The van der Waals surface area contributed by atoms with Gasteiger partial charge < -0.3 is 14.2 Å². The van der Waals surface area contributed by atoms with Crippen LogP contribution in [0.2, 0.25) is 0 Å². The molecule has 0 saturated carbocycles. The highest BCUT2D eigenvalue weighted by atomic mass is 32.1. The van der Waals surface area contributed by atoms with Gasteiger partial charge in [0.2, 0.25) is 0 Å². The first-order chi connectivity index (χ1) is 16.5. The Labute approximate surface area is 200 Å². The van der Waals surface area contributed by atoms with Crippen molar-refractivity contribution in [3.63, 3.8) is 0 Å². The number of carbonyl (C=O) groups is 1. The van der Waals surface area contributed by atoms with Crippen molar-refractivity contribution < 1.29 is 19.0 Å². The third kappa shape index (κ3) is 4.38. The second-order valence-electron chi connectivity index (χ2n) is 7.43. The molecule has 4 rings (SSSR count).